The lowest BCUT2D eigenvalue weighted by molar-refractivity contribution is -0.193. The Hall–Kier alpha value is -1.26. The molecule has 1 saturated carbocycles. The molecule has 1 aromatic rings. The van der Waals surface area contributed by atoms with Crippen LogP contribution in [0.3, 0.4) is 0 Å². The van der Waals surface area contributed by atoms with Gasteiger partial charge in [-0.3, -0.25) is 0 Å². The summed E-state index contributed by atoms with van der Waals surface area (Å²) in [5.41, 5.74) is 0.872. The van der Waals surface area contributed by atoms with Crippen molar-refractivity contribution in [2.45, 2.75) is 38.1 Å². The quantitative estimate of drug-likeness (QED) is 0.903. The maximum absolute atomic E-state index is 11.1. The predicted octanol–water partition coefficient (Wildman–Crippen LogP) is 3.39. The fourth-order valence-electron chi connectivity index (χ4n) is 2.93. The Morgan fingerprint density at radius 2 is 2.05 bits per heavy atom. The SMILES string of the molecule is O=C(O)C1Oc2ccc(Cl)cc2C(C2CCCC2)O1. The monoisotopic (exact) mass is 282 g/mol. The Bertz CT molecular complexity index is 496. The van der Waals surface area contributed by atoms with E-state index in [1.807, 2.05) is 6.07 Å². The molecule has 0 saturated heterocycles. The number of benzene rings is 1. The van der Waals surface area contributed by atoms with E-state index in [1.54, 1.807) is 12.1 Å². The first-order valence-corrected chi connectivity index (χ1v) is 6.87. The van der Waals surface area contributed by atoms with Crippen molar-refractivity contribution in [2.24, 2.45) is 5.92 Å². The second kappa shape index (κ2) is 5.02. The van der Waals surface area contributed by atoms with E-state index < -0.39 is 12.3 Å². The molecular formula is C14H15ClO4. The average Bonchev–Trinajstić information content (AvgIpc) is 2.91. The molecule has 0 bridgehead atoms. The van der Waals surface area contributed by atoms with E-state index in [1.165, 1.54) is 12.8 Å². The summed E-state index contributed by atoms with van der Waals surface area (Å²) in [6.07, 6.45) is 2.99. The highest BCUT2D eigenvalue weighted by molar-refractivity contribution is 6.30. The van der Waals surface area contributed by atoms with Gasteiger partial charge in [-0.25, -0.2) is 4.79 Å². The second-order valence-corrected chi connectivity index (χ2v) is 5.51. The minimum Gasteiger partial charge on any atom is -0.477 e. The van der Waals surface area contributed by atoms with E-state index in [-0.39, 0.29) is 6.10 Å². The van der Waals surface area contributed by atoms with Gasteiger partial charge in [0.1, 0.15) is 5.75 Å². The van der Waals surface area contributed by atoms with Gasteiger partial charge in [-0.1, -0.05) is 24.4 Å². The van der Waals surface area contributed by atoms with Crippen molar-refractivity contribution in [1.29, 1.82) is 0 Å². The van der Waals surface area contributed by atoms with Crippen LogP contribution in [0.1, 0.15) is 37.4 Å². The Balaban J connectivity index is 1.97. The lowest BCUT2D eigenvalue weighted by atomic mass is 9.93. The summed E-state index contributed by atoms with van der Waals surface area (Å²) in [6, 6.07) is 5.24. The van der Waals surface area contributed by atoms with Crippen LogP contribution in [0.4, 0.5) is 0 Å². The largest absolute Gasteiger partial charge is 0.477 e. The summed E-state index contributed by atoms with van der Waals surface area (Å²) in [6.45, 7) is 0. The smallest absolute Gasteiger partial charge is 0.373 e. The van der Waals surface area contributed by atoms with Gasteiger partial charge in [0, 0.05) is 10.6 Å². The van der Waals surface area contributed by atoms with Gasteiger partial charge in [-0.2, -0.15) is 0 Å². The molecule has 1 aliphatic carbocycles. The number of halogens is 1. The number of hydrogen-bond acceptors (Lipinski definition) is 3. The highest BCUT2D eigenvalue weighted by atomic mass is 35.5. The third-order valence-electron chi connectivity index (χ3n) is 3.81. The fraction of sp³-hybridized carbons (Fsp3) is 0.500. The van der Waals surface area contributed by atoms with E-state index in [9.17, 15) is 4.79 Å². The summed E-state index contributed by atoms with van der Waals surface area (Å²) in [7, 11) is 0. The number of carboxylic acids is 1. The first-order chi connectivity index (χ1) is 9.15. The standard InChI is InChI=1S/C14H15ClO4/c15-9-5-6-11-10(7-9)12(8-3-1-2-4-8)19-14(18-11)13(16)17/h5-8,12,14H,1-4H2,(H,16,17). The fourth-order valence-corrected chi connectivity index (χ4v) is 3.11. The molecule has 0 aromatic heterocycles. The molecule has 2 aliphatic rings. The van der Waals surface area contributed by atoms with E-state index in [4.69, 9.17) is 26.2 Å². The molecule has 0 amide bonds. The molecule has 0 radical (unpaired) electrons. The predicted molar refractivity (Wildman–Crippen MR) is 69.3 cm³/mol. The van der Waals surface area contributed by atoms with Crippen molar-refractivity contribution >= 4 is 17.6 Å². The van der Waals surface area contributed by atoms with Crippen LogP contribution in [0.2, 0.25) is 5.02 Å². The summed E-state index contributed by atoms with van der Waals surface area (Å²) in [5.74, 6) is -0.175. The van der Waals surface area contributed by atoms with Gasteiger partial charge in [-0.05, 0) is 37.0 Å². The maximum atomic E-state index is 11.1. The van der Waals surface area contributed by atoms with Crippen LogP contribution in [0.25, 0.3) is 0 Å². The highest BCUT2D eigenvalue weighted by Gasteiger charge is 2.38. The van der Waals surface area contributed by atoms with Crippen LogP contribution < -0.4 is 4.74 Å². The number of carbonyl (C=O) groups is 1. The Kier molecular flexibility index (Phi) is 3.37. The van der Waals surface area contributed by atoms with Crippen LogP contribution in [0.5, 0.6) is 5.75 Å². The molecule has 2 atom stereocenters. The zero-order valence-electron chi connectivity index (χ0n) is 10.3. The van der Waals surface area contributed by atoms with Crippen molar-refractivity contribution in [3.05, 3.63) is 28.8 Å². The average molecular weight is 283 g/mol. The number of rotatable bonds is 2. The Morgan fingerprint density at radius 3 is 2.74 bits per heavy atom. The number of carboxylic acid groups (broad SMARTS) is 1. The van der Waals surface area contributed by atoms with Crippen LogP contribution in [0, 0.1) is 5.92 Å². The minimum absolute atomic E-state index is 0.231. The lowest BCUT2D eigenvalue weighted by Crippen LogP contribution is -2.37. The summed E-state index contributed by atoms with van der Waals surface area (Å²) >= 11 is 6.02. The van der Waals surface area contributed by atoms with Crippen LogP contribution in [-0.4, -0.2) is 17.4 Å². The molecule has 0 spiro atoms. The van der Waals surface area contributed by atoms with Gasteiger partial charge in [0.15, 0.2) is 0 Å². The first-order valence-electron chi connectivity index (χ1n) is 6.49. The van der Waals surface area contributed by atoms with Crippen molar-refractivity contribution in [2.75, 3.05) is 0 Å². The topological polar surface area (TPSA) is 55.8 Å². The molecule has 4 nitrogen and oxygen atoms in total. The van der Waals surface area contributed by atoms with Crippen LogP contribution in [-0.2, 0) is 9.53 Å². The Labute approximate surface area is 116 Å². The van der Waals surface area contributed by atoms with E-state index >= 15 is 0 Å². The molecule has 2 unspecified atom stereocenters. The molecule has 1 heterocycles. The van der Waals surface area contributed by atoms with E-state index in [0.717, 1.165) is 18.4 Å². The summed E-state index contributed by atoms with van der Waals surface area (Å²) in [4.78, 5) is 11.1. The maximum Gasteiger partial charge on any atom is 0.373 e. The molecule has 1 aromatic carbocycles. The molecule has 102 valence electrons. The molecule has 1 N–H and O–H groups in total. The summed E-state index contributed by atoms with van der Waals surface area (Å²) in [5, 5.41) is 9.72. The number of hydrogen-bond donors (Lipinski definition) is 1. The zero-order chi connectivity index (χ0) is 13.4. The van der Waals surface area contributed by atoms with E-state index in [0.29, 0.717) is 16.7 Å². The van der Waals surface area contributed by atoms with Crippen molar-refractivity contribution in [3.63, 3.8) is 0 Å². The molecular weight excluding hydrogens is 268 g/mol. The van der Waals surface area contributed by atoms with Gasteiger partial charge < -0.3 is 14.6 Å². The van der Waals surface area contributed by atoms with Gasteiger partial charge >= 0.3 is 5.97 Å². The third-order valence-corrected chi connectivity index (χ3v) is 4.05. The molecule has 1 aliphatic heterocycles. The van der Waals surface area contributed by atoms with Crippen LogP contribution in [0.15, 0.2) is 18.2 Å². The summed E-state index contributed by atoms with van der Waals surface area (Å²) < 4.78 is 11.0. The van der Waals surface area contributed by atoms with E-state index in [2.05, 4.69) is 0 Å². The normalized spacial score (nSPS) is 26.8. The van der Waals surface area contributed by atoms with Gasteiger partial charge in [0.2, 0.25) is 0 Å². The minimum atomic E-state index is -1.22. The number of ether oxygens (including phenoxy) is 2. The number of aliphatic carboxylic acids is 1. The van der Waals surface area contributed by atoms with Crippen molar-refractivity contribution < 1.29 is 19.4 Å². The van der Waals surface area contributed by atoms with Gasteiger partial charge in [-0.15, -0.1) is 0 Å². The molecule has 3 rings (SSSR count). The van der Waals surface area contributed by atoms with Gasteiger partial charge in [0.25, 0.3) is 6.29 Å². The molecule has 19 heavy (non-hydrogen) atoms. The van der Waals surface area contributed by atoms with Crippen LogP contribution >= 0.6 is 11.6 Å². The van der Waals surface area contributed by atoms with Gasteiger partial charge in [0.05, 0.1) is 6.10 Å². The first kappa shape index (κ1) is 12.8. The molecule has 1 fully saturated rings. The zero-order valence-corrected chi connectivity index (χ0v) is 11.1. The third kappa shape index (κ3) is 2.42. The highest BCUT2D eigenvalue weighted by Crippen LogP contribution is 2.45. The lowest BCUT2D eigenvalue weighted by Gasteiger charge is -2.33. The second-order valence-electron chi connectivity index (χ2n) is 5.07. The van der Waals surface area contributed by atoms with Crippen molar-refractivity contribution in [1.82, 2.24) is 0 Å². The molecule has 5 heteroatoms. The Morgan fingerprint density at radius 1 is 1.32 bits per heavy atom. The van der Waals surface area contributed by atoms with Crippen molar-refractivity contribution in [3.8, 4) is 5.75 Å². The number of fused-ring (bicyclic) bond motifs is 1.